The molecule has 2 heterocycles. The lowest BCUT2D eigenvalue weighted by atomic mass is 9.77. The van der Waals surface area contributed by atoms with Gasteiger partial charge >= 0.3 is 0 Å². The normalized spacial score (nSPS) is 17.9. The van der Waals surface area contributed by atoms with Crippen LogP contribution in [0.25, 0.3) is 10.1 Å². The van der Waals surface area contributed by atoms with E-state index in [9.17, 15) is 10.1 Å². The largest absolute Gasteiger partial charge is 0.305 e. The molecule has 1 fully saturated rings. The van der Waals surface area contributed by atoms with Gasteiger partial charge in [-0.2, -0.15) is 5.26 Å². The van der Waals surface area contributed by atoms with Crippen LogP contribution in [-0.2, 0) is 17.8 Å². The summed E-state index contributed by atoms with van der Waals surface area (Å²) in [5, 5.41) is 12.6. The number of nitriles is 1. The van der Waals surface area contributed by atoms with E-state index < -0.39 is 0 Å². The Bertz CT molecular complexity index is 1200. The van der Waals surface area contributed by atoms with Crippen molar-refractivity contribution in [1.29, 1.82) is 5.26 Å². The van der Waals surface area contributed by atoms with E-state index in [1.165, 1.54) is 40.5 Å². The highest BCUT2D eigenvalue weighted by atomic mass is 32.1. The molecule has 33 heavy (non-hydrogen) atoms. The molecule has 2 aromatic carbocycles. The molecule has 0 radical (unpaired) electrons. The molecule has 0 N–H and O–H groups in total. The van der Waals surface area contributed by atoms with Crippen LogP contribution in [0.1, 0.15) is 62.1 Å². The second kappa shape index (κ2) is 9.29. The summed E-state index contributed by atoms with van der Waals surface area (Å²) in [6, 6.07) is 16.8. The second-order valence-corrected chi connectivity index (χ2v) is 10.5. The highest BCUT2D eigenvalue weighted by Gasteiger charge is 2.41. The van der Waals surface area contributed by atoms with Crippen molar-refractivity contribution >= 4 is 33.0 Å². The lowest BCUT2D eigenvalue weighted by Crippen LogP contribution is -2.54. The molecule has 0 spiro atoms. The maximum Gasteiger partial charge on any atom is 0.224 e. The minimum absolute atomic E-state index is 0.112. The van der Waals surface area contributed by atoms with E-state index in [0.29, 0.717) is 0 Å². The summed E-state index contributed by atoms with van der Waals surface area (Å²) in [6.45, 7) is 4.68. The number of anilines is 1. The third kappa shape index (κ3) is 4.30. The summed E-state index contributed by atoms with van der Waals surface area (Å²) in [6.07, 6.45) is 7.78. The fourth-order valence-corrected chi connectivity index (χ4v) is 6.86. The maximum absolute atomic E-state index is 13.2. The molecule has 170 valence electrons. The molecule has 1 amide bonds. The van der Waals surface area contributed by atoms with Gasteiger partial charge in [-0.25, -0.2) is 0 Å². The summed E-state index contributed by atoms with van der Waals surface area (Å²) in [4.78, 5) is 17.9. The Morgan fingerprint density at radius 3 is 2.76 bits per heavy atom. The Hall–Kier alpha value is -2.68. The van der Waals surface area contributed by atoms with Crippen molar-refractivity contribution in [3.63, 3.8) is 0 Å². The molecule has 0 unspecified atom stereocenters. The Kier molecular flexibility index (Phi) is 6.23. The lowest BCUT2D eigenvalue weighted by molar-refractivity contribution is -0.118. The van der Waals surface area contributed by atoms with E-state index in [1.807, 2.05) is 6.07 Å². The van der Waals surface area contributed by atoms with Gasteiger partial charge in [0.1, 0.15) is 0 Å². The first-order chi connectivity index (χ1) is 16.1. The monoisotopic (exact) mass is 457 g/mol. The summed E-state index contributed by atoms with van der Waals surface area (Å²) in [5.74, 6) is 0.161. The molecule has 0 saturated heterocycles. The van der Waals surface area contributed by atoms with E-state index in [4.69, 9.17) is 0 Å². The van der Waals surface area contributed by atoms with Crippen molar-refractivity contribution in [2.75, 3.05) is 18.0 Å². The topological polar surface area (TPSA) is 47.3 Å². The van der Waals surface area contributed by atoms with Gasteiger partial charge < -0.3 is 4.90 Å². The van der Waals surface area contributed by atoms with Gasteiger partial charge in [0.25, 0.3) is 0 Å². The van der Waals surface area contributed by atoms with Crippen LogP contribution in [0.2, 0.25) is 0 Å². The molecule has 3 aromatic rings. The van der Waals surface area contributed by atoms with Crippen LogP contribution in [0.4, 0.5) is 5.69 Å². The van der Waals surface area contributed by atoms with Crippen molar-refractivity contribution in [1.82, 2.24) is 4.90 Å². The lowest BCUT2D eigenvalue weighted by Gasteiger charge is -2.47. The van der Waals surface area contributed by atoms with Crippen molar-refractivity contribution in [3.05, 3.63) is 64.5 Å². The summed E-state index contributed by atoms with van der Waals surface area (Å²) in [5.41, 5.74) is 4.39. The zero-order chi connectivity index (χ0) is 22.8. The van der Waals surface area contributed by atoms with E-state index in [-0.39, 0.29) is 11.4 Å². The van der Waals surface area contributed by atoms with Gasteiger partial charge in [-0.1, -0.05) is 43.5 Å². The fourth-order valence-electron chi connectivity index (χ4n) is 5.93. The number of benzene rings is 2. The predicted octanol–water partition coefficient (Wildman–Crippen LogP) is 6.28. The highest BCUT2D eigenvalue weighted by Crippen LogP contribution is 2.44. The number of amides is 1. The van der Waals surface area contributed by atoms with Gasteiger partial charge in [0.05, 0.1) is 17.3 Å². The van der Waals surface area contributed by atoms with Crippen molar-refractivity contribution in [2.24, 2.45) is 0 Å². The smallest absolute Gasteiger partial charge is 0.224 e. The molecule has 5 heteroatoms. The maximum atomic E-state index is 13.2. The number of carbonyl (C=O) groups is 1. The van der Waals surface area contributed by atoms with Crippen LogP contribution in [-0.4, -0.2) is 29.4 Å². The Morgan fingerprint density at radius 2 is 1.97 bits per heavy atom. The summed E-state index contributed by atoms with van der Waals surface area (Å²) >= 11 is 1.74. The van der Waals surface area contributed by atoms with Gasteiger partial charge in [-0.05, 0) is 55.0 Å². The molecule has 0 atom stereocenters. The third-order valence-corrected chi connectivity index (χ3v) is 8.55. The van der Waals surface area contributed by atoms with Crippen LogP contribution in [0.5, 0.6) is 0 Å². The first-order valence-electron chi connectivity index (χ1n) is 12.1. The van der Waals surface area contributed by atoms with Crippen LogP contribution in [0, 0.1) is 11.3 Å². The van der Waals surface area contributed by atoms with Gasteiger partial charge in [0.15, 0.2) is 0 Å². The zero-order valence-electron chi connectivity index (χ0n) is 19.3. The number of rotatable bonds is 5. The highest BCUT2D eigenvalue weighted by molar-refractivity contribution is 7.17. The van der Waals surface area contributed by atoms with Gasteiger partial charge in [-0.15, -0.1) is 11.3 Å². The average molecular weight is 458 g/mol. The first kappa shape index (κ1) is 22.1. The molecule has 4 nitrogen and oxygen atoms in total. The molecule has 1 aromatic heterocycles. The van der Waals surface area contributed by atoms with Crippen molar-refractivity contribution in [2.45, 2.75) is 64.0 Å². The van der Waals surface area contributed by atoms with Crippen LogP contribution in [0.15, 0.2) is 47.8 Å². The number of hydrogen-bond acceptors (Lipinski definition) is 4. The van der Waals surface area contributed by atoms with E-state index in [2.05, 4.69) is 57.6 Å². The van der Waals surface area contributed by atoms with Crippen molar-refractivity contribution < 1.29 is 4.79 Å². The Morgan fingerprint density at radius 1 is 1.15 bits per heavy atom. The Labute approximate surface area is 200 Å². The molecule has 0 bridgehead atoms. The number of carbonyl (C=O) groups excluding carboxylic acids is 1. The summed E-state index contributed by atoms with van der Waals surface area (Å²) < 4.78 is 1.24. The standard InChI is InChI=1S/C28H31N3OS/c1-21(32)31(26-20-33-27-8-4-3-7-25(26)27)28(12-5-2-6-13-28)14-16-30-15-11-23-17-22(18-29)9-10-24(23)19-30/h3-4,7-10,17,20H,2,5-6,11-16,19H2,1H3. The zero-order valence-corrected chi connectivity index (χ0v) is 20.2. The summed E-state index contributed by atoms with van der Waals surface area (Å²) in [7, 11) is 0. The van der Waals surface area contributed by atoms with Gasteiger partial charge in [0.2, 0.25) is 5.91 Å². The van der Waals surface area contributed by atoms with Crippen LogP contribution < -0.4 is 4.90 Å². The van der Waals surface area contributed by atoms with E-state index >= 15 is 0 Å². The third-order valence-electron chi connectivity index (χ3n) is 7.60. The predicted molar refractivity (Wildman–Crippen MR) is 136 cm³/mol. The van der Waals surface area contributed by atoms with Gasteiger partial charge in [0, 0.05) is 47.6 Å². The quantitative estimate of drug-likeness (QED) is 0.453. The molecule has 1 saturated carbocycles. The Balaban J connectivity index is 1.40. The molecule has 2 aliphatic rings. The van der Waals surface area contributed by atoms with Crippen molar-refractivity contribution in [3.8, 4) is 6.07 Å². The number of nitrogens with zero attached hydrogens (tertiary/aromatic N) is 3. The molecule has 1 aliphatic carbocycles. The van der Waals surface area contributed by atoms with Gasteiger partial charge in [-0.3, -0.25) is 9.69 Å². The first-order valence-corrected chi connectivity index (χ1v) is 13.0. The SMILES string of the molecule is CC(=O)N(c1csc2ccccc12)C1(CCN2CCc3cc(C#N)ccc3C2)CCCCC1. The minimum atomic E-state index is -0.112. The van der Waals surface area contributed by atoms with E-state index in [0.717, 1.165) is 56.6 Å². The number of fused-ring (bicyclic) bond motifs is 2. The fraction of sp³-hybridized carbons (Fsp3) is 0.429. The minimum Gasteiger partial charge on any atom is -0.305 e. The molecule has 5 rings (SSSR count). The molecular weight excluding hydrogens is 426 g/mol. The molecule has 1 aliphatic heterocycles. The molecular formula is C28H31N3OS. The van der Waals surface area contributed by atoms with Crippen LogP contribution >= 0.6 is 11.3 Å². The average Bonchev–Trinajstić information content (AvgIpc) is 3.26. The number of hydrogen-bond donors (Lipinski definition) is 0. The second-order valence-electron chi connectivity index (χ2n) is 9.63. The number of thiophene rings is 1. The van der Waals surface area contributed by atoms with E-state index in [1.54, 1.807) is 18.3 Å². The van der Waals surface area contributed by atoms with Crippen LogP contribution in [0.3, 0.4) is 0 Å².